The van der Waals surface area contributed by atoms with Gasteiger partial charge >= 0.3 is 5.97 Å². The molecule has 0 aliphatic rings. The molecule has 1 atom stereocenters. The van der Waals surface area contributed by atoms with Crippen molar-refractivity contribution in [3.63, 3.8) is 0 Å². The average molecular weight is 291 g/mol. The summed E-state index contributed by atoms with van der Waals surface area (Å²) in [7, 11) is 1.56. The smallest absolute Gasteiger partial charge is 0.329 e. The van der Waals surface area contributed by atoms with E-state index in [2.05, 4.69) is 12.1 Å². The van der Waals surface area contributed by atoms with Crippen molar-refractivity contribution in [1.29, 1.82) is 0 Å². The highest BCUT2D eigenvalue weighted by Gasteiger charge is 2.36. The van der Waals surface area contributed by atoms with Gasteiger partial charge in [-0.05, 0) is 38.7 Å². The quantitative estimate of drug-likeness (QED) is 0.840. The van der Waals surface area contributed by atoms with Gasteiger partial charge in [0.25, 0.3) is 0 Å². The minimum Gasteiger partial charge on any atom is -0.480 e. The van der Waals surface area contributed by atoms with Crippen LogP contribution in [-0.2, 0) is 16.0 Å². The molecule has 0 aliphatic carbocycles. The fraction of sp³-hybridized carbons (Fsp3) is 0.529. The number of carbonyl (C=O) groups is 2. The first kappa shape index (κ1) is 17.2. The molecule has 0 saturated heterocycles. The Morgan fingerprint density at radius 2 is 1.81 bits per heavy atom. The van der Waals surface area contributed by atoms with Crippen molar-refractivity contribution < 1.29 is 14.7 Å². The van der Waals surface area contributed by atoms with Gasteiger partial charge in [-0.15, -0.1) is 0 Å². The Morgan fingerprint density at radius 3 is 2.33 bits per heavy atom. The number of aliphatic carboxylic acids is 1. The molecule has 1 unspecified atom stereocenters. The Bertz CT molecular complexity index is 482. The number of amides is 1. The minimum absolute atomic E-state index is 0.115. The van der Waals surface area contributed by atoms with E-state index >= 15 is 0 Å². The Kier molecular flexibility index (Phi) is 5.94. The summed E-state index contributed by atoms with van der Waals surface area (Å²) >= 11 is 0. The van der Waals surface area contributed by atoms with Gasteiger partial charge in [0.1, 0.15) is 5.54 Å². The summed E-state index contributed by atoms with van der Waals surface area (Å²) in [6.07, 6.45) is 2.61. The van der Waals surface area contributed by atoms with Crippen LogP contribution in [0, 0.1) is 5.92 Å². The SMILES string of the molecule is CC(CCCc1ccccc1)C(=O)N(C)C(C)(C)C(=O)O. The molecule has 0 fully saturated rings. The summed E-state index contributed by atoms with van der Waals surface area (Å²) in [5.74, 6) is -1.28. The average Bonchev–Trinajstić information content (AvgIpc) is 2.46. The van der Waals surface area contributed by atoms with Crippen molar-refractivity contribution >= 4 is 11.9 Å². The highest BCUT2D eigenvalue weighted by atomic mass is 16.4. The first-order chi connectivity index (χ1) is 9.76. The Hall–Kier alpha value is -1.84. The molecule has 0 bridgehead atoms. The zero-order valence-corrected chi connectivity index (χ0v) is 13.3. The zero-order valence-electron chi connectivity index (χ0n) is 13.3. The molecular weight excluding hydrogens is 266 g/mol. The molecule has 0 aliphatic heterocycles. The van der Waals surface area contributed by atoms with E-state index in [0.29, 0.717) is 0 Å². The monoisotopic (exact) mass is 291 g/mol. The molecule has 0 spiro atoms. The van der Waals surface area contributed by atoms with E-state index in [1.165, 1.54) is 10.5 Å². The van der Waals surface area contributed by atoms with Gasteiger partial charge in [0, 0.05) is 13.0 Å². The number of carbonyl (C=O) groups excluding carboxylic acids is 1. The van der Waals surface area contributed by atoms with Crippen LogP contribution in [0.15, 0.2) is 30.3 Å². The standard InChI is InChI=1S/C17H25NO3/c1-13(9-8-12-14-10-6-5-7-11-14)15(19)18(4)17(2,3)16(20)21/h5-7,10-11,13H,8-9,12H2,1-4H3,(H,20,21). The van der Waals surface area contributed by atoms with Crippen LogP contribution >= 0.6 is 0 Å². The van der Waals surface area contributed by atoms with Gasteiger partial charge < -0.3 is 10.0 Å². The Labute approximate surface area is 126 Å². The van der Waals surface area contributed by atoms with Crippen molar-refractivity contribution in [1.82, 2.24) is 4.90 Å². The summed E-state index contributed by atoms with van der Waals surface area (Å²) < 4.78 is 0. The third-order valence-electron chi connectivity index (χ3n) is 4.06. The van der Waals surface area contributed by atoms with E-state index in [-0.39, 0.29) is 11.8 Å². The Morgan fingerprint density at radius 1 is 1.24 bits per heavy atom. The molecule has 1 aromatic rings. The van der Waals surface area contributed by atoms with E-state index < -0.39 is 11.5 Å². The molecule has 1 aromatic carbocycles. The lowest BCUT2D eigenvalue weighted by atomic mass is 9.97. The predicted octanol–water partition coefficient (Wildman–Crippen LogP) is 2.97. The van der Waals surface area contributed by atoms with Crippen LogP contribution in [0.4, 0.5) is 0 Å². The van der Waals surface area contributed by atoms with Crippen LogP contribution < -0.4 is 0 Å². The van der Waals surface area contributed by atoms with Gasteiger partial charge in [0.2, 0.25) is 5.91 Å². The van der Waals surface area contributed by atoms with E-state index in [0.717, 1.165) is 19.3 Å². The molecule has 4 heteroatoms. The number of hydrogen-bond acceptors (Lipinski definition) is 2. The topological polar surface area (TPSA) is 57.6 Å². The highest BCUT2D eigenvalue weighted by molar-refractivity contribution is 5.87. The molecule has 0 saturated carbocycles. The van der Waals surface area contributed by atoms with Crippen LogP contribution in [0.5, 0.6) is 0 Å². The number of carboxylic acids is 1. The summed E-state index contributed by atoms with van der Waals surface area (Å²) in [6, 6.07) is 10.1. The number of carboxylic acid groups (broad SMARTS) is 1. The van der Waals surface area contributed by atoms with E-state index in [1.54, 1.807) is 20.9 Å². The zero-order chi connectivity index (χ0) is 16.0. The number of aryl methyl sites for hydroxylation is 1. The van der Waals surface area contributed by atoms with Gasteiger partial charge in [-0.3, -0.25) is 4.79 Å². The van der Waals surface area contributed by atoms with Crippen molar-refractivity contribution in [3.8, 4) is 0 Å². The van der Waals surface area contributed by atoms with E-state index in [9.17, 15) is 14.7 Å². The number of rotatable bonds is 7. The first-order valence-corrected chi connectivity index (χ1v) is 7.31. The molecule has 1 N–H and O–H groups in total. The van der Waals surface area contributed by atoms with Gasteiger partial charge in [-0.25, -0.2) is 4.79 Å². The van der Waals surface area contributed by atoms with Crippen LogP contribution in [0.2, 0.25) is 0 Å². The Balaban J connectivity index is 2.49. The van der Waals surface area contributed by atoms with Crippen LogP contribution in [0.3, 0.4) is 0 Å². The molecule has 0 aromatic heterocycles. The normalized spacial score (nSPS) is 12.8. The lowest BCUT2D eigenvalue weighted by Crippen LogP contribution is -2.52. The van der Waals surface area contributed by atoms with Gasteiger partial charge in [0.15, 0.2) is 0 Å². The van der Waals surface area contributed by atoms with Gasteiger partial charge in [-0.1, -0.05) is 37.3 Å². The minimum atomic E-state index is -1.18. The van der Waals surface area contributed by atoms with Crippen molar-refractivity contribution in [2.24, 2.45) is 5.92 Å². The third-order valence-corrected chi connectivity index (χ3v) is 4.06. The molecule has 4 nitrogen and oxygen atoms in total. The largest absolute Gasteiger partial charge is 0.480 e. The number of hydrogen-bond donors (Lipinski definition) is 1. The maximum Gasteiger partial charge on any atom is 0.329 e. The second kappa shape index (κ2) is 7.25. The molecule has 21 heavy (non-hydrogen) atoms. The third kappa shape index (κ3) is 4.59. The molecule has 116 valence electrons. The van der Waals surface area contributed by atoms with Crippen LogP contribution in [-0.4, -0.2) is 34.5 Å². The molecule has 1 rings (SSSR count). The van der Waals surface area contributed by atoms with Crippen molar-refractivity contribution in [2.45, 2.75) is 45.6 Å². The lowest BCUT2D eigenvalue weighted by Gasteiger charge is -2.33. The summed E-state index contributed by atoms with van der Waals surface area (Å²) in [5, 5.41) is 9.17. The van der Waals surface area contributed by atoms with Crippen LogP contribution in [0.25, 0.3) is 0 Å². The first-order valence-electron chi connectivity index (χ1n) is 7.31. The van der Waals surface area contributed by atoms with Gasteiger partial charge in [-0.2, -0.15) is 0 Å². The number of benzene rings is 1. The second-order valence-corrected chi connectivity index (χ2v) is 6.04. The molecular formula is C17H25NO3. The maximum atomic E-state index is 12.3. The highest BCUT2D eigenvalue weighted by Crippen LogP contribution is 2.19. The van der Waals surface area contributed by atoms with Crippen molar-refractivity contribution in [3.05, 3.63) is 35.9 Å². The summed E-state index contributed by atoms with van der Waals surface area (Å²) in [6.45, 7) is 4.95. The van der Waals surface area contributed by atoms with E-state index in [1.807, 2.05) is 25.1 Å². The van der Waals surface area contributed by atoms with E-state index in [4.69, 9.17) is 0 Å². The maximum absolute atomic E-state index is 12.3. The van der Waals surface area contributed by atoms with Crippen LogP contribution in [0.1, 0.15) is 39.2 Å². The fourth-order valence-corrected chi connectivity index (χ4v) is 2.13. The molecule has 0 radical (unpaired) electrons. The molecule has 0 heterocycles. The second-order valence-electron chi connectivity index (χ2n) is 6.04. The molecule has 1 amide bonds. The summed E-state index contributed by atoms with van der Waals surface area (Å²) in [4.78, 5) is 24.8. The predicted molar refractivity (Wildman–Crippen MR) is 83.0 cm³/mol. The lowest BCUT2D eigenvalue weighted by molar-refractivity contribution is -0.156. The number of nitrogens with zero attached hydrogens (tertiary/aromatic N) is 1. The number of likely N-dealkylation sites (N-methyl/N-ethyl adjacent to an activating group) is 1. The van der Waals surface area contributed by atoms with Gasteiger partial charge in [0.05, 0.1) is 0 Å². The summed E-state index contributed by atoms with van der Waals surface area (Å²) in [5.41, 5.74) is 0.0847. The fourth-order valence-electron chi connectivity index (χ4n) is 2.13. The van der Waals surface area contributed by atoms with Crippen molar-refractivity contribution in [2.75, 3.05) is 7.05 Å².